The fraction of sp³-hybridized carbons (Fsp3) is 0.257. The van der Waals surface area contributed by atoms with Gasteiger partial charge in [0.25, 0.3) is 0 Å². The van der Waals surface area contributed by atoms with Gasteiger partial charge in [-0.1, -0.05) is 78.0 Å². The minimum Gasteiger partial charge on any atom is -0.481 e. The maximum atomic E-state index is 13.1. The van der Waals surface area contributed by atoms with Gasteiger partial charge >= 0.3 is 0 Å². The molecule has 2 N–H and O–H groups in total. The summed E-state index contributed by atoms with van der Waals surface area (Å²) in [6.07, 6.45) is 3.75. The van der Waals surface area contributed by atoms with Crippen LogP contribution in [-0.4, -0.2) is 54.2 Å². The molecular formula is C35H37N3O3. The molecule has 0 bridgehead atoms. The van der Waals surface area contributed by atoms with Gasteiger partial charge in [0.05, 0.1) is 18.8 Å². The molecule has 1 aromatic heterocycles. The van der Waals surface area contributed by atoms with E-state index in [4.69, 9.17) is 14.9 Å². The third kappa shape index (κ3) is 6.09. The third-order valence-electron chi connectivity index (χ3n) is 7.82. The number of methoxy groups -OCH3 is 1. The van der Waals surface area contributed by atoms with Crippen LogP contribution in [0, 0.1) is 0 Å². The lowest BCUT2D eigenvalue weighted by molar-refractivity contribution is 0.00690. The van der Waals surface area contributed by atoms with Gasteiger partial charge in [0, 0.05) is 16.9 Å². The van der Waals surface area contributed by atoms with Crippen molar-refractivity contribution in [1.82, 2.24) is 9.88 Å². The van der Waals surface area contributed by atoms with Crippen LogP contribution in [0.3, 0.4) is 0 Å². The summed E-state index contributed by atoms with van der Waals surface area (Å²) in [5.41, 5.74) is 2.88. The lowest BCUT2D eigenvalue weighted by atomic mass is 9.71. The van der Waals surface area contributed by atoms with Crippen molar-refractivity contribution >= 4 is 27.9 Å². The van der Waals surface area contributed by atoms with Crippen LogP contribution >= 0.6 is 0 Å². The van der Waals surface area contributed by atoms with E-state index in [-0.39, 0.29) is 0 Å². The van der Waals surface area contributed by atoms with Crippen LogP contribution < -0.4 is 4.74 Å². The Morgan fingerprint density at radius 3 is 2.37 bits per heavy atom. The number of aromatic nitrogens is 1. The van der Waals surface area contributed by atoms with E-state index in [1.54, 1.807) is 7.11 Å². The highest BCUT2D eigenvalue weighted by Gasteiger charge is 2.42. The van der Waals surface area contributed by atoms with Crippen molar-refractivity contribution in [2.45, 2.75) is 30.8 Å². The lowest BCUT2D eigenvalue weighted by Gasteiger charge is -2.38. The number of hydrogen-bond acceptors (Lipinski definition) is 6. The highest BCUT2D eigenvalue weighted by atomic mass is 16.5. The first-order valence-electron chi connectivity index (χ1n) is 14.0. The summed E-state index contributed by atoms with van der Waals surface area (Å²) in [6, 6.07) is 32.3. The molecule has 1 heterocycles. The van der Waals surface area contributed by atoms with E-state index >= 15 is 0 Å². The van der Waals surface area contributed by atoms with Gasteiger partial charge in [-0.25, -0.2) is 4.98 Å². The molecule has 0 aliphatic carbocycles. The largest absolute Gasteiger partial charge is 0.481 e. The standard InChI is InChI=1S/C35H37N3O3/c1-38(2)20-10-9-19-35(39,30-17-16-26-11-7-8-14-28(26)22-30)33(27-12-5-4-6-13-27)31-23-29-21-25(24-36-40)15-18-32(29)37-34(31)41-3/h4-8,11-18,21-24,33,39-40H,9-10,19-20H2,1-3H3/b36-24+. The molecule has 0 aliphatic heterocycles. The van der Waals surface area contributed by atoms with Crippen molar-refractivity contribution in [2.75, 3.05) is 27.7 Å². The number of pyridine rings is 1. The van der Waals surface area contributed by atoms with Crippen molar-refractivity contribution in [3.8, 4) is 5.88 Å². The van der Waals surface area contributed by atoms with Crippen LogP contribution in [0.1, 0.15) is 47.4 Å². The fourth-order valence-corrected chi connectivity index (χ4v) is 5.81. The van der Waals surface area contributed by atoms with Crippen LogP contribution in [0.25, 0.3) is 21.7 Å². The van der Waals surface area contributed by atoms with E-state index in [1.165, 1.54) is 6.21 Å². The smallest absolute Gasteiger partial charge is 0.217 e. The molecule has 210 valence electrons. The maximum absolute atomic E-state index is 13.1. The monoisotopic (exact) mass is 547 g/mol. The Balaban J connectivity index is 1.74. The van der Waals surface area contributed by atoms with E-state index in [1.807, 2.05) is 48.5 Å². The second-order valence-electron chi connectivity index (χ2n) is 10.9. The molecule has 6 heteroatoms. The van der Waals surface area contributed by atoms with Crippen molar-refractivity contribution in [2.24, 2.45) is 5.16 Å². The number of unbranched alkanes of at least 4 members (excludes halogenated alkanes) is 1. The number of ether oxygens (including phenoxy) is 1. The van der Waals surface area contributed by atoms with Crippen molar-refractivity contribution in [3.05, 3.63) is 119 Å². The first-order chi connectivity index (χ1) is 19.9. The molecule has 0 amide bonds. The number of benzene rings is 4. The summed E-state index contributed by atoms with van der Waals surface area (Å²) < 4.78 is 5.90. The topological polar surface area (TPSA) is 78.2 Å². The van der Waals surface area contributed by atoms with Crippen molar-refractivity contribution in [3.63, 3.8) is 0 Å². The molecule has 5 aromatic rings. The number of aliphatic hydroxyl groups is 1. The lowest BCUT2D eigenvalue weighted by Crippen LogP contribution is -2.35. The van der Waals surface area contributed by atoms with E-state index in [2.05, 4.69) is 72.7 Å². The zero-order valence-corrected chi connectivity index (χ0v) is 23.9. The first-order valence-corrected chi connectivity index (χ1v) is 14.0. The predicted octanol–water partition coefficient (Wildman–Crippen LogP) is 6.96. The Labute approximate surface area is 241 Å². The van der Waals surface area contributed by atoms with Crippen LogP contribution in [0.2, 0.25) is 0 Å². The maximum Gasteiger partial charge on any atom is 0.217 e. The second-order valence-corrected chi connectivity index (χ2v) is 10.9. The molecular weight excluding hydrogens is 510 g/mol. The van der Waals surface area contributed by atoms with Gasteiger partial charge in [-0.3, -0.25) is 0 Å². The molecule has 2 unspecified atom stereocenters. The normalized spacial score (nSPS) is 14.1. The third-order valence-corrected chi connectivity index (χ3v) is 7.82. The molecule has 0 spiro atoms. The Kier molecular flexibility index (Phi) is 8.62. The predicted molar refractivity (Wildman–Crippen MR) is 166 cm³/mol. The highest BCUT2D eigenvalue weighted by Crippen LogP contribution is 2.48. The molecule has 0 aliphatic rings. The van der Waals surface area contributed by atoms with Gasteiger partial charge in [0.15, 0.2) is 0 Å². The molecule has 6 nitrogen and oxygen atoms in total. The Morgan fingerprint density at radius 1 is 0.878 bits per heavy atom. The van der Waals surface area contributed by atoms with Gasteiger partial charge in [-0.2, -0.15) is 0 Å². The van der Waals surface area contributed by atoms with Crippen LogP contribution in [0.4, 0.5) is 0 Å². The van der Waals surface area contributed by atoms with Gasteiger partial charge in [0.1, 0.15) is 5.60 Å². The first kappa shape index (κ1) is 28.3. The van der Waals surface area contributed by atoms with Crippen LogP contribution in [-0.2, 0) is 5.60 Å². The molecule has 2 atom stereocenters. The number of rotatable bonds is 11. The van der Waals surface area contributed by atoms with Crippen LogP contribution in [0.5, 0.6) is 5.88 Å². The van der Waals surface area contributed by atoms with Gasteiger partial charge in [-0.05, 0) is 91.6 Å². The Morgan fingerprint density at radius 2 is 1.63 bits per heavy atom. The molecule has 0 fully saturated rings. The molecule has 41 heavy (non-hydrogen) atoms. The van der Waals surface area contributed by atoms with E-state index in [9.17, 15) is 5.11 Å². The Hall–Kier alpha value is -4.26. The minimum absolute atomic E-state index is 0.466. The summed E-state index contributed by atoms with van der Waals surface area (Å²) >= 11 is 0. The van der Waals surface area contributed by atoms with Crippen LogP contribution in [0.15, 0.2) is 102 Å². The molecule has 0 radical (unpaired) electrons. The fourth-order valence-electron chi connectivity index (χ4n) is 5.81. The Bertz CT molecular complexity index is 1650. The quantitative estimate of drug-likeness (QED) is 0.0809. The van der Waals surface area contributed by atoms with E-state index in [0.29, 0.717) is 12.3 Å². The minimum atomic E-state index is -1.26. The van der Waals surface area contributed by atoms with Gasteiger partial charge in [0.2, 0.25) is 5.88 Å². The molecule has 0 saturated heterocycles. The van der Waals surface area contributed by atoms with Crippen molar-refractivity contribution < 1.29 is 15.1 Å². The zero-order valence-electron chi connectivity index (χ0n) is 23.9. The molecule has 4 aromatic carbocycles. The van der Waals surface area contributed by atoms with E-state index < -0.39 is 11.5 Å². The van der Waals surface area contributed by atoms with E-state index in [0.717, 1.165) is 63.3 Å². The number of hydrogen-bond donors (Lipinski definition) is 2. The van der Waals surface area contributed by atoms with Crippen molar-refractivity contribution in [1.29, 1.82) is 0 Å². The summed E-state index contributed by atoms with van der Waals surface area (Å²) in [7, 11) is 5.77. The molecule has 5 rings (SSSR count). The zero-order chi connectivity index (χ0) is 28.8. The summed E-state index contributed by atoms with van der Waals surface area (Å²) in [4.78, 5) is 7.04. The SMILES string of the molecule is COc1nc2ccc(/C=N/O)cc2cc1C(c1ccccc1)C(O)(CCCCN(C)C)c1ccc2ccccc2c1. The average molecular weight is 548 g/mol. The summed E-state index contributed by atoms with van der Waals surface area (Å²) in [5.74, 6) is 0.00803. The second kappa shape index (κ2) is 12.5. The van der Waals surface area contributed by atoms with Gasteiger partial charge in [-0.15, -0.1) is 0 Å². The molecule has 0 saturated carbocycles. The number of oxime groups is 1. The average Bonchev–Trinajstić information content (AvgIpc) is 2.99. The van der Waals surface area contributed by atoms with Gasteiger partial charge < -0.3 is 20.0 Å². The number of nitrogens with zero attached hydrogens (tertiary/aromatic N) is 3. The highest BCUT2D eigenvalue weighted by molar-refractivity contribution is 5.89. The number of fused-ring (bicyclic) bond motifs is 2. The summed E-state index contributed by atoms with van der Waals surface area (Å²) in [6.45, 7) is 0.944. The summed E-state index contributed by atoms with van der Waals surface area (Å²) in [5, 5.41) is 28.4.